The highest BCUT2D eigenvalue weighted by Crippen LogP contribution is 2.18. The summed E-state index contributed by atoms with van der Waals surface area (Å²) in [6.07, 6.45) is 1.84. The molecule has 17 heavy (non-hydrogen) atoms. The quantitative estimate of drug-likeness (QED) is 0.841. The van der Waals surface area contributed by atoms with Gasteiger partial charge in [0.2, 0.25) is 0 Å². The molecule has 0 saturated carbocycles. The second-order valence-corrected chi connectivity index (χ2v) is 6.26. The highest BCUT2D eigenvalue weighted by atomic mass is 32.1. The van der Waals surface area contributed by atoms with Crippen molar-refractivity contribution in [2.45, 2.75) is 46.3 Å². The van der Waals surface area contributed by atoms with Crippen LogP contribution in [0.3, 0.4) is 0 Å². The van der Waals surface area contributed by atoms with Gasteiger partial charge in [-0.3, -0.25) is 10.1 Å². The van der Waals surface area contributed by atoms with Gasteiger partial charge >= 0.3 is 5.97 Å². The van der Waals surface area contributed by atoms with Gasteiger partial charge < -0.3 is 4.74 Å². The number of carbonyl (C=O) groups is 1. The summed E-state index contributed by atoms with van der Waals surface area (Å²) in [4.78, 5) is 16.9. The first-order valence-electron chi connectivity index (χ1n) is 5.65. The Morgan fingerprint density at radius 1 is 1.59 bits per heavy atom. The van der Waals surface area contributed by atoms with E-state index in [0.29, 0.717) is 0 Å². The molecule has 1 aromatic rings. The number of aryl methyl sites for hydroxylation is 1. The predicted molar refractivity (Wildman–Crippen MR) is 69.1 cm³/mol. The minimum Gasteiger partial charge on any atom is -0.459 e. The molecule has 0 amide bonds. The molecule has 1 rings (SSSR count). The number of nitrogens with one attached hydrogen (secondary N) is 1. The number of nitrogens with zero attached hydrogens (tertiary/aromatic N) is 1. The van der Waals surface area contributed by atoms with Crippen molar-refractivity contribution >= 4 is 17.3 Å². The summed E-state index contributed by atoms with van der Waals surface area (Å²) in [5.74, 6) is -0.238. The highest BCUT2D eigenvalue weighted by molar-refractivity contribution is 7.11. The smallest absolute Gasteiger partial charge is 0.320 e. The van der Waals surface area contributed by atoms with Crippen LogP contribution in [0.1, 0.15) is 43.6 Å². The van der Waals surface area contributed by atoms with Crippen LogP contribution in [0.4, 0.5) is 0 Å². The van der Waals surface area contributed by atoms with Crippen LogP contribution in [-0.4, -0.2) is 23.1 Å². The van der Waals surface area contributed by atoms with Gasteiger partial charge in [0.05, 0.1) is 12.6 Å². The van der Waals surface area contributed by atoms with Gasteiger partial charge in [-0.15, -0.1) is 11.3 Å². The van der Waals surface area contributed by atoms with E-state index in [1.165, 1.54) is 4.88 Å². The van der Waals surface area contributed by atoms with E-state index in [-0.39, 0.29) is 18.6 Å². The van der Waals surface area contributed by atoms with Gasteiger partial charge in [0.25, 0.3) is 0 Å². The fourth-order valence-electron chi connectivity index (χ4n) is 1.27. The Morgan fingerprint density at radius 2 is 2.24 bits per heavy atom. The number of hydrogen-bond donors (Lipinski definition) is 1. The molecule has 1 N–H and O–H groups in total. The summed E-state index contributed by atoms with van der Waals surface area (Å²) < 4.78 is 5.21. The third-order valence-electron chi connectivity index (χ3n) is 1.98. The van der Waals surface area contributed by atoms with Crippen LogP contribution in [0, 0.1) is 6.92 Å². The maximum Gasteiger partial charge on any atom is 0.320 e. The van der Waals surface area contributed by atoms with Gasteiger partial charge in [0, 0.05) is 11.1 Å². The standard InChI is InChI=1S/C12H20N2O2S/c1-8-6-14-11(17-8)9(2)13-7-10(15)16-12(3,4)5/h6,9,13H,7H2,1-5H3. The van der Waals surface area contributed by atoms with Gasteiger partial charge in [-0.2, -0.15) is 0 Å². The van der Waals surface area contributed by atoms with Crippen LogP contribution in [0.2, 0.25) is 0 Å². The number of hydrogen-bond acceptors (Lipinski definition) is 5. The van der Waals surface area contributed by atoms with E-state index in [2.05, 4.69) is 10.3 Å². The second-order valence-electron chi connectivity index (χ2n) is 5.00. The highest BCUT2D eigenvalue weighted by Gasteiger charge is 2.17. The summed E-state index contributed by atoms with van der Waals surface area (Å²) >= 11 is 1.63. The normalized spacial score (nSPS) is 13.5. The average molecular weight is 256 g/mol. The fraction of sp³-hybridized carbons (Fsp3) is 0.667. The molecule has 0 aliphatic heterocycles. The third kappa shape index (κ3) is 5.28. The molecule has 96 valence electrons. The van der Waals surface area contributed by atoms with E-state index in [9.17, 15) is 4.79 Å². The van der Waals surface area contributed by atoms with Gasteiger partial charge in [0.15, 0.2) is 0 Å². The van der Waals surface area contributed by atoms with Gasteiger partial charge in [0.1, 0.15) is 10.6 Å². The molecule has 1 heterocycles. The van der Waals surface area contributed by atoms with E-state index in [4.69, 9.17) is 4.74 Å². The zero-order valence-corrected chi connectivity index (χ0v) is 11.9. The van der Waals surface area contributed by atoms with Crippen molar-refractivity contribution in [3.05, 3.63) is 16.1 Å². The van der Waals surface area contributed by atoms with E-state index >= 15 is 0 Å². The Balaban J connectivity index is 2.38. The fourth-order valence-corrected chi connectivity index (χ4v) is 2.07. The number of rotatable bonds is 4. The van der Waals surface area contributed by atoms with Crippen molar-refractivity contribution in [3.8, 4) is 0 Å². The molecular formula is C12H20N2O2S. The second kappa shape index (κ2) is 5.60. The number of esters is 1. The van der Waals surface area contributed by atoms with Crippen LogP contribution in [0.25, 0.3) is 0 Å². The average Bonchev–Trinajstić information content (AvgIpc) is 2.58. The van der Waals surface area contributed by atoms with E-state index in [1.807, 2.05) is 40.8 Å². The van der Waals surface area contributed by atoms with E-state index in [0.717, 1.165) is 5.01 Å². The first-order valence-corrected chi connectivity index (χ1v) is 6.47. The van der Waals surface area contributed by atoms with Crippen molar-refractivity contribution in [3.63, 3.8) is 0 Å². The van der Waals surface area contributed by atoms with Crippen molar-refractivity contribution in [1.82, 2.24) is 10.3 Å². The van der Waals surface area contributed by atoms with Crippen molar-refractivity contribution in [1.29, 1.82) is 0 Å². The maximum atomic E-state index is 11.5. The molecule has 0 aromatic carbocycles. The Hall–Kier alpha value is -0.940. The topological polar surface area (TPSA) is 51.2 Å². The van der Waals surface area contributed by atoms with Crippen LogP contribution in [0.15, 0.2) is 6.20 Å². The molecule has 1 atom stereocenters. The number of thiazole rings is 1. The van der Waals surface area contributed by atoms with Gasteiger partial charge in [-0.25, -0.2) is 4.98 Å². The van der Waals surface area contributed by atoms with Crippen LogP contribution in [0.5, 0.6) is 0 Å². The predicted octanol–water partition coefficient (Wildman–Crippen LogP) is 2.44. The lowest BCUT2D eigenvalue weighted by molar-refractivity contribution is -0.153. The summed E-state index contributed by atoms with van der Waals surface area (Å²) in [6.45, 7) is 9.79. The molecule has 0 saturated heterocycles. The Kier molecular flexibility index (Phi) is 4.65. The lowest BCUT2D eigenvalue weighted by Gasteiger charge is -2.20. The molecular weight excluding hydrogens is 236 g/mol. The summed E-state index contributed by atoms with van der Waals surface area (Å²) in [5.41, 5.74) is -0.431. The van der Waals surface area contributed by atoms with Gasteiger partial charge in [-0.1, -0.05) is 0 Å². The molecule has 0 radical (unpaired) electrons. The largest absolute Gasteiger partial charge is 0.459 e. The van der Waals surface area contributed by atoms with Crippen molar-refractivity contribution in [2.75, 3.05) is 6.54 Å². The molecule has 5 heteroatoms. The molecule has 1 aromatic heterocycles. The van der Waals surface area contributed by atoms with E-state index < -0.39 is 5.60 Å². The Labute approximate surface area is 106 Å². The maximum absolute atomic E-state index is 11.5. The molecule has 4 nitrogen and oxygen atoms in total. The molecule has 1 unspecified atom stereocenters. The Morgan fingerprint density at radius 3 is 2.71 bits per heavy atom. The van der Waals surface area contributed by atoms with Gasteiger partial charge in [-0.05, 0) is 34.6 Å². The minimum atomic E-state index is -0.431. The number of carbonyl (C=O) groups excluding carboxylic acids is 1. The first-order chi connectivity index (χ1) is 7.78. The first kappa shape index (κ1) is 14.1. The summed E-state index contributed by atoms with van der Waals surface area (Å²) in [7, 11) is 0. The Bertz CT molecular complexity index is 382. The lowest BCUT2D eigenvalue weighted by Crippen LogP contribution is -2.32. The lowest BCUT2D eigenvalue weighted by atomic mass is 10.2. The number of ether oxygens (including phenoxy) is 1. The minimum absolute atomic E-state index is 0.0706. The van der Waals surface area contributed by atoms with E-state index in [1.54, 1.807) is 11.3 Å². The van der Waals surface area contributed by atoms with Crippen LogP contribution in [-0.2, 0) is 9.53 Å². The van der Waals surface area contributed by atoms with Crippen LogP contribution >= 0.6 is 11.3 Å². The molecule has 0 bridgehead atoms. The third-order valence-corrected chi connectivity index (χ3v) is 3.08. The number of aromatic nitrogens is 1. The molecule has 0 spiro atoms. The zero-order valence-electron chi connectivity index (χ0n) is 11.0. The van der Waals surface area contributed by atoms with Crippen molar-refractivity contribution in [2.24, 2.45) is 0 Å². The summed E-state index contributed by atoms with van der Waals surface area (Å²) in [6, 6.07) is 0.0706. The molecule has 0 fully saturated rings. The van der Waals surface area contributed by atoms with Crippen molar-refractivity contribution < 1.29 is 9.53 Å². The SMILES string of the molecule is Cc1cnc(C(C)NCC(=O)OC(C)(C)C)s1. The molecule has 0 aliphatic rings. The zero-order chi connectivity index (χ0) is 13.1. The summed E-state index contributed by atoms with van der Waals surface area (Å²) in [5, 5.41) is 4.10. The van der Waals surface area contributed by atoms with Crippen LogP contribution < -0.4 is 5.32 Å². The molecule has 0 aliphatic carbocycles. The monoisotopic (exact) mass is 256 g/mol.